The molecular weight excluding hydrogens is 542 g/mol. The van der Waals surface area contributed by atoms with Crippen LogP contribution in [0.1, 0.15) is 42.3 Å². The third-order valence-corrected chi connectivity index (χ3v) is 6.49. The van der Waals surface area contributed by atoms with Gasteiger partial charge in [0, 0.05) is 10.6 Å². The Morgan fingerprint density at radius 2 is 1.59 bits per heavy atom. The van der Waals surface area contributed by atoms with Gasteiger partial charge < -0.3 is 9.47 Å². The molecule has 0 radical (unpaired) electrons. The van der Waals surface area contributed by atoms with Crippen molar-refractivity contribution in [2.24, 2.45) is 5.10 Å². The molecule has 0 aliphatic carbocycles. The minimum absolute atomic E-state index is 0.122. The molecule has 0 fully saturated rings. The number of carbonyl (C=O) groups is 2. The lowest BCUT2D eigenvalue weighted by atomic mass is 10.2. The standard InChI is InChI=1S/C28H30ClN3O6S/c1-28(2,3)38-26(33)19-37-25-15-7-20(8-16-25)17-30-31-27(34)22-9-13-24(14-10-22)32(39(4,35)36)18-21-5-11-23(29)12-6-21/h5-17H,18-19H2,1-4H3,(H,31,34)/b30-17-. The van der Waals surface area contributed by atoms with Crippen LogP contribution in [0.25, 0.3) is 0 Å². The first-order valence-corrected chi connectivity index (χ1v) is 14.1. The molecule has 206 valence electrons. The summed E-state index contributed by atoms with van der Waals surface area (Å²) in [4.78, 5) is 24.3. The van der Waals surface area contributed by atoms with Crippen molar-refractivity contribution in [3.63, 3.8) is 0 Å². The van der Waals surface area contributed by atoms with Gasteiger partial charge in [0.25, 0.3) is 5.91 Å². The summed E-state index contributed by atoms with van der Waals surface area (Å²) in [6, 6.07) is 19.8. The number of esters is 1. The number of hydrogen-bond acceptors (Lipinski definition) is 7. The van der Waals surface area contributed by atoms with Gasteiger partial charge in [-0.3, -0.25) is 9.10 Å². The maximum absolute atomic E-state index is 12.5. The molecule has 0 aromatic heterocycles. The Labute approximate surface area is 233 Å². The van der Waals surface area contributed by atoms with Crippen molar-refractivity contribution < 1.29 is 27.5 Å². The number of nitrogens with one attached hydrogen (secondary N) is 1. The van der Waals surface area contributed by atoms with E-state index in [2.05, 4.69) is 10.5 Å². The topological polar surface area (TPSA) is 114 Å². The van der Waals surface area contributed by atoms with Crippen LogP contribution < -0.4 is 14.5 Å². The lowest BCUT2D eigenvalue weighted by Gasteiger charge is -2.22. The molecule has 0 bridgehead atoms. The van der Waals surface area contributed by atoms with Gasteiger partial charge in [-0.1, -0.05) is 23.7 Å². The van der Waals surface area contributed by atoms with Crippen LogP contribution in [0.5, 0.6) is 5.75 Å². The van der Waals surface area contributed by atoms with E-state index in [4.69, 9.17) is 21.1 Å². The van der Waals surface area contributed by atoms with E-state index >= 15 is 0 Å². The highest BCUT2D eigenvalue weighted by atomic mass is 35.5. The van der Waals surface area contributed by atoms with Crippen LogP contribution >= 0.6 is 11.6 Å². The number of rotatable bonds is 10. The number of ether oxygens (including phenoxy) is 2. The van der Waals surface area contributed by atoms with Crippen molar-refractivity contribution >= 4 is 45.4 Å². The van der Waals surface area contributed by atoms with Gasteiger partial charge in [0.2, 0.25) is 10.0 Å². The summed E-state index contributed by atoms with van der Waals surface area (Å²) in [6.45, 7) is 5.26. The van der Waals surface area contributed by atoms with Gasteiger partial charge in [-0.15, -0.1) is 0 Å². The lowest BCUT2D eigenvalue weighted by molar-refractivity contribution is -0.157. The highest BCUT2D eigenvalue weighted by Crippen LogP contribution is 2.22. The lowest BCUT2D eigenvalue weighted by Crippen LogP contribution is -2.29. The van der Waals surface area contributed by atoms with Crippen LogP contribution in [0.4, 0.5) is 5.69 Å². The van der Waals surface area contributed by atoms with Gasteiger partial charge >= 0.3 is 5.97 Å². The molecule has 1 amide bonds. The number of hydrazone groups is 1. The molecule has 0 saturated heterocycles. The average Bonchev–Trinajstić information content (AvgIpc) is 2.86. The average molecular weight is 572 g/mol. The second-order valence-corrected chi connectivity index (χ2v) is 11.9. The van der Waals surface area contributed by atoms with E-state index in [1.807, 2.05) is 0 Å². The van der Waals surface area contributed by atoms with Crippen LogP contribution in [-0.4, -0.2) is 45.0 Å². The first-order valence-electron chi connectivity index (χ1n) is 11.9. The molecule has 0 spiro atoms. The maximum atomic E-state index is 12.5. The number of amides is 1. The Balaban J connectivity index is 1.56. The van der Waals surface area contributed by atoms with Crippen LogP contribution in [0.3, 0.4) is 0 Å². The van der Waals surface area contributed by atoms with E-state index in [9.17, 15) is 18.0 Å². The minimum atomic E-state index is -3.58. The normalized spacial score (nSPS) is 11.7. The summed E-state index contributed by atoms with van der Waals surface area (Å²) in [6.07, 6.45) is 2.58. The number of nitrogens with zero attached hydrogens (tertiary/aromatic N) is 2. The summed E-state index contributed by atoms with van der Waals surface area (Å²) < 4.78 is 36.7. The van der Waals surface area contributed by atoms with Crippen molar-refractivity contribution in [1.29, 1.82) is 0 Å². The highest BCUT2D eigenvalue weighted by molar-refractivity contribution is 7.92. The van der Waals surface area contributed by atoms with Crippen molar-refractivity contribution in [1.82, 2.24) is 5.43 Å². The van der Waals surface area contributed by atoms with Crippen LogP contribution in [-0.2, 0) is 26.1 Å². The molecule has 0 unspecified atom stereocenters. The molecule has 0 aliphatic rings. The number of sulfonamides is 1. The zero-order valence-corrected chi connectivity index (χ0v) is 23.6. The van der Waals surface area contributed by atoms with Gasteiger partial charge in [-0.25, -0.2) is 18.6 Å². The zero-order valence-electron chi connectivity index (χ0n) is 22.0. The molecule has 1 N–H and O–H groups in total. The largest absolute Gasteiger partial charge is 0.482 e. The first-order chi connectivity index (χ1) is 18.3. The van der Waals surface area contributed by atoms with Crippen LogP contribution in [0, 0.1) is 0 Å². The molecule has 3 rings (SSSR count). The second-order valence-electron chi connectivity index (χ2n) is 9.59. The number of carbonyl (C=O) groups excluding carboxylic acids is 2. The first kappa shape index (κ1) is 29.7. The molecule has 3 aromatic carbocycles. The number of halogens is 1. The van der Waals surface area contributed by atoms with E-state index in [1.54, 1.807) is 81.4 Å². The van der Waals surface area contributed by atoms with Crippen LogP contribution in [0.15, 0.2) is 77.9 Å². The predicted octanol–water partition coefficient (Wildman–Crippen LogP) is 4.79. The smallest absolute Gasteiger partial charge is 0.344 e. The Kier molecular flexibility index (Phi) is 9.71. The van der Waals surface area contributed by atoms with Gasteiger partial charge in [0.15, 0.2) is 6.61 Å². The predicted molar refractivity (Wildman–Crippen MR) is 152 cm³/mol. The molecule has 0 heterocycles. The van der Waals surface area contributed by atoms with E-state index in [0.29, 0.717) is 27.6 Å². The van der Waals surface area contributed by atoms with E-state index in [-0.39, 0.29) is 13.2 Å². The Morgan fingerprint density at radius 1 is 0.974 bits per heavy atom. The van der Waals surface area contributed by atoms with Crippen molar-refractivity contribution in [2.75, 3.05) is 17.2 Å². The zero-order chi connectivity index (χ0) is 28.6. The molecule has 0 saturated carbocycles. The molecule has 0 aliphatic heterocycles. The molecule has 9 nitrogen and oxygen atoms in total. The van der Waals surface area contributed by atoms with E-state index < -0.39 is 27.5 Å². The molecule has 39 heavy (non-hydrogen) atoms. The fraction of sp³-hybridized carbons (Fsp3) is 0.250. The monoisotopic (exact) mass is 571 g/mol. The second kappa shape index (κ2) is 12.8. The Bertz CT molecular complexity index is 1420. The van der Waals surface area contributed by atoms with Gasteiger partial charge in [0.05, 0.1) is 24.7 Å². The molecule has 0 atom stereocenters. The SMILES string of the molecule is CC(C)(C)OC(=O)COc1ccc(/C=N\NC(=O)c2ccc(N(Cc3ccc(Cl)cc3)S(C)(=O)=O)cc2)cc1. The Morgan fingerprint density at radius 3 is 2.15 bits per heavy atom. The fourth-order valence-electron chi connectivity index (χ4n) is 3.33. The van der Waals surface area contributed by atoms with Gasteiger partial charge in [-0.05, 0) is 92.6 Å². The van der Waals surface area contributed by atoms with E-state index in [0.717, 1.165) is 11.8 Å². The minimum Gasteiger partial charge on any atom is -0.482 e. The summed E-state index contributed by atoms with van der Waals surface area (Å²) >= 11 is 5.92. The van der Waals surface area contributed by atoms with Crippen LogP contribution in [0.2, 0.25) is 5.02 Å². The van der Waals surface area contributed by atoms with Gasteiger partial charge in [-0.2, -0.15) is 5.10 Å². The van der Waals surface area contributed by atoms with Crippen molar-refractivity contribution in [2.45, 2.75) is 32.9 Å². The summed E-state index contributed by atoms with van der Waals surface area (Å²) in [5.41, 5.74) is 4.05. The number of hydrogen-bond donors (Lipinski definition) is 1. The molecular formula is C28H30ClN3O6S. The maximum Gasteiger partial charge on any atom is 0.344 e. The van der Waals surface area contributed by atoms with Crippen molar-refractivity contribution in [3.05, 3.63) is 94.5 Å². The number of benzene rings is 3. The third-order valence-electron chi connectivity index (χ3n) is 5.09. The Hall–Kier alpha value is -3.89. The third kappa shape index (κ3) is 9.73. The fourth-order valence-corrected chi connectivity index (χ4v) is 4.34. The summed E-state index contributed by atoms with van der Waals surface area (Å²) in [7, 11) is -3.58. The quantitative estimate of drug-likeness (QED) is 0.213. The molecule has 11 heteroatoms. The van der Waals surface area contributed by atoms with E-state index in [1.165, 1.54) is 22.7 Å². The number of anilines is 1. The summed E-state index contributed by atoms with van der Waals surface area (Å²) in [5.74, 6) is -0.436. The van der Waals surface area contributed by atoms with Crippen molar-refractivity contribution in [3.8, 4) is 5.75 Å². The molecule has 3 aromatic rings. The highest BCUT2D eigenvalue weighted by Gasteiger charge is 2.19. The summed E-state index contributed by atoms with van der Waals surface area (Å²) in [5, 5.41) is 4.52. The van der Waals surface area contributed by atoms with Gasteiger partial charge in [0.1, 0.15) is 11.4 Å².